The Balaban J connectivity index is 0.00000254. The highest BCUT2D eigenvalue weighted by molar-refractivity contribution is 5.96. The lowest BCUT2D eigenvalue weighted by Gasteiger charge is -2.20. The van der Waals surface area contributed by atoms with E-state index in [0.29, 0.717) is 0 Å². The number of hydrogen-bond acceptors (Lipinski definition) is 7. The van der Waals surface area contributed by atoms with Gasteiger partial charge < -0.3 is 29.2 Å². The van der Waals surface area contributed by atoms with Crippen molar-refractivity contribution in [3.63, 3.8) is 0 Å². The second-order valence-corrected chi connectivity index (χ2v) is 4.16. The van der Waals surface area contributed by atoms with Crippen LogP contribution in [-0.4, -0.2) is 51.2 Å². The van der Waals surface area contributed by atoms with E-state index < -0.39 is 23.6 Å². The summed E-state index contributed by atoms with van der Waals surface area (Å²) in [4.78, 5) is 35.5. The first-order valence-electron chi connectivity index (χ1n) is 7.16. The van der Waals surface area contributed by atoms with Gasteiger partial charge in [0, 0.05) is 20.4 Å². The molecule has 1 heterocycles. The Kier molecular flexibility index (Phi) is 9.36. The van der Waals surface area contributed by atoms with E-state index in [9.17, 15) is 14.4 Å². The molecule has 0 bridgehead atoms. The van der Waals surface area contributed by atoms with Crippen molar-refractivity contribution in [2.24, 2.45) is 5.73 Å². The summed E-state index contributed by atoms with van der Waals surface area (Å²) in [6.07, 6.45) is 0.418. The maximum absolute atomic E-state index is 12.2. The van der Waals surface area contributed by atoms with Gasteiger partial charge in [0.25, 0.3) is 5.91 Å². The second-order valence-electron chi connectivity index (χ2n) is 4.16. The number of nitrogens with zero attached hydrogens (tertiary/aromatic N) is 1. The Morgan fingerprint density at radius 1 is 1.17 bits per heavy atom. The van der Waals surface area contributed by atoms with Crippen molar-refractivity contribution in [1.82, 2.24) is 4.57 Å². The summed E-state index contributed by atoms with van der Waals surface area (Å²) < 4.78 is 21.0. The smallest absolute Gasteiger partial charge is 0.358 e. The summed E-state index contributed by atoms with van der Waals surface area (Å²) >= 11 is 0. The number of carbonyl (C=O) groups excluding carboxylic acids is 2. The van der Waals surface area contributed by atoms with Crippen molar-refractivity contribution in [3.05, 3.63) is 27.7 Å². The molecule has 1 aromatic heterocycles. The summed E-state index contributed by atoms with van der Waals surface area (Å²) in [5.74, 6) is -2.09. The Morgan fingerprint density at radius 2 is 1.71 bits per heavy atom. The van der Waals surface area contributed by atoms with Crippen molar-refractivity contribution in [1.29, 1.82) is 0 Å². The van der Waals surface area contributed by atoms with Crippen LogP contribution in [0.25, 0.3) is 0 Å². The zero-order chi connectivity index (χ0) is 18.9. The third-order valence-electron chi connectivity index (χ3n) is 2.96. The Labute approximate surface area is 140 Å². The minimum Gasteiger partial charge on any atom is -0.491 e. The predicted molar refractivity (Wildman–Crippen MR) is 86.3 cm³/mol. The number of aromatic nitrogens is 1. The van der Waals surface area contributed by atoms with Crippen LogP contribution < -0.4 is 15.9 Å². The van der Waals surface area contributed by atoms with Gasteiger partial charge in [-0.3, -0.25) is 9.59 Å². The zero-order valence-corrected chi connectivity index (χ0v) is 14.7. The minimum absolute atomic E-state index is 0.00829. The third kappa shape index (κ3) is 4.80. The lowest BCUT2D eigenvalue weighted by molar-refractivity contribution is -0.111. The molecule has 0 saturated heterocycles. The summed E-state index contributed by atoms with van der Waals surface area (Å²) in [5, 5.41) is 0. The second kappa shape index (κ2) is 10.4. The average molecular weight is 344 g/mol. The molecule has 0 aliphatic heterocycles. The fourth-order valence-electron chi connectivity index (χ4n) is 1.86. The molecule has 9 heteroatoms. The van der Waals surface area contributed by atoms with Gasteiger partial charge >= 0.3 is 5.97 Å². The van der Waals surface area contributed by atoms with E-state index in [1.165, 1.54) is 25.9 Å². The number of pyridine rings is 1. The Morgan fingerprint density at radius 3 is 2.08 bits per heavy atom. The molecule has 1 aromatic rings. The van der Waals surface area contributed by atoms with Crippen LogP contribution >= 0.6 is 0 Å². The monoisotopic (exact) mass is 344 g/mol. The molecule has 0 atom stereocenters. The van der Waals surface area contributed by atoms with Crippen LogP contribution in [0, 0.1) is 0 Å². The van der Waals surface area contributed by atoms with Crippen molar-refractivity contribution in [2.75, 3.05) is 28.4 Å². The molecule has 9 nitrogen and oxygen atoms in total. The Hall–Kier alpha value is -2.39. The van der Waals surface area contributed by atoms with Crippen LogP contribution in [0.15, 0.2) is 11.0 Å². The van der Waals surface area contributed by atoms with Gasteiger partial charge in [-0.15, -0.1) is 0 Å². The van der Waals surface area contributed by atoms with Gasteiger partial charge in [-0.2, -0.15) is 0 Å². The molecule has 0 spiro atoms. The first kappa shape index (κ1) is 21.6. The number of methoxy groups -OCH3 is 4. The molecule has 0 aliphatic rings. The van der Waals surface area contributed by atoms with E-state index in [1.54, 1.807) is 0 Å². The number of hydrogen-bond donors (Lipinski definition) is 1. The molecule has 24 heavy (non-hydrogen) atoms. The number of nitrogens with two attached hydrogens (primary N) is 1. The zero-order valence-electron chi connectivity index (χ0n) is 14.7. The van der Waals surface area contributed by atoms with E-state index in [0.717, 1.165) is 13.3 Å². The lowest BCUT2D eigenvalue weighted by Crippen LogP contribution is -2.31. The SMILES string of the molecule is CC.COC(=O)c1c(OC)c(=O)c(C(N)=O)cn1CC(OC)OC. The standard InChI is InChI=1S/C13H18N2O7.C2H6/c1-19-8(20-2)6-15-5-7(12(14)17)10(16)11(21-3)9(15)13(18)22-4;1-2/h5,8H,6H2,1-4H3,(H2,14,17);1-2H3. The van der Waals surface area contributed by atoms with E-state index in [2.05, 4.69) is 4.74 Å². The molecule has 1 amide bonds. The summed E-state index contributed by atoms with van der Waals surface area (Å²) in [6.45, 7) is 4.01. The van der Waals surface area contributed by atoms with Crippen LogP contribution in [0.4, 0.5) is 0 Å². The molecular formula is C15H24N2O7. The van der Waals surface area contributed by atoms with Gasteiger partial charge in [-0.1, -0.05) is 13.8 Å². The summed E-state index contributed by atoms with van der Waals surface area (Å²) in [5.41, 5.74) is 3.89. The molecule has 136 valence electrons. The maximum atomic E-state index is 12.2. The highest BCUT2D eigenvalue weighted by atomic mass is 16.7. The highest BCUT2D eigenvalue weighted by Crippen LogP contribution is 2.17. The largest absolute Gasteiger partial charge is 0.491 e. The fraction of sp³-hybridized carbons (Fsp3) is 0.533. The maximum Gasteiger partial charge on any atom is 0.358 e. The van der Waals surface area contributed by atoms with Crippen LogP contribution in [0.1, 0.15) is 34.7 Å². The molecule has 0 unspecified atom stereocenters. The number of ether oxygens (including phenoxy) is 4. The molecule has 0 aromatic carbocycles. The highest BCUT2D eigenvalue weighted by Gasteiger charge is 2.26. The molecule has 0 radical (unpaired) electrons. The van der Waals surface area contributed by atoms with Crippen molar-refractivity contribution in [3.8, 4) is 5.75 Å². The van der Waals surface area contributed by atoms with Gasteiger partial charge in [0.15, 0.2) is 17.7 Å². The molecule has 0 saturated carbocycles. The van der Waals surface area contributed by atoms with Crippen LogP contribution in [0.5, 0.6) is 5.75 Å². The van der Waals surface area contributed by atoms with Gasteiger partial charge in [0.1, 0.15) is 5.56 Å². The normalized spacial score (nSPS) is 9.96. The first-order chi connectivity index (χ1) is 11.4. The van der Waals surface area contributed by atoms with Gasteiger partial charge in [0.2, 0.25) is 5.43 Å². The van der Waals surface area contributed by atoms with Gasteiger partial charge in [0.05, 0.1) is 20.8 Å². The van der Waals surface area contributed by atoms with E-state index >= 15 is 0 Å². The van der Waals surface area contributed by atoms with Crippen LogP contribution in [0.3, 0.4) is 0 Å². The molecule has 1 rings (SSSR count). The molecular weight excluding hydrogens is 320 g/mol. The number of rotatable bonds is 7. The van der Waals surface area contributed by atoms with Gasteiger partial charge in [-0.25, -0.2) is 4.79 Å². The summed E-state index contributed by atoms with van der Waals surface area (Å²) in [6, 6.07) is 0. The molecule has 2 N–H and O–H groups in total. The average Bonchev–Trinajstić information content (AvgIpc) is 2.60. The lowest BCUT2D eigenvalue weighted by atomic mass is 10.2. The first-order valence-corrected chi connectivity index (χ1v) is 7.16. The van der Waals surface area contributed by atoms with Crippen LogP contribution in [0.2, 0.25) is 0 Å². The van der Waals surface area contributed by atoms with E-state index in [1.807, 2.05) is 13.8 Å². The summed E-state index contributed by atoms with van der Waals surface area (Å²) in [7, 11) is 5.16. The molecule has 0 aliphatic carbocycles. The van der Waals surface area contributed by atoms with E-state index in [4.69, 9.17) is 19.9 Å². The van der Waals surface area contributed by atoms with Crippen LogP contribution in [-0.2, 0) is 20.8 Å². The number of amides is 1. The predicted octanol–water partition coefficient (Wildman–Crippen LogP) is 0.388. The third-order valence-corrected chi connectivity index (χ3v) is 2.96. The Bertz CT molecular complexity index is 621. The number of carbonyl (C=O) groups is 2. The number of esters is 1. The van der Waals surface area contributed by atoms with Crippen molar-refractivity contribution >= 4 is 11.9 Å². The minimum atomic E-state index is -0.945. The van der Waals surface area contributed by atoms with Gasteiger partial charge in [-0.05, 0) is 0 Å². The fourth-order valence-corrected chi connectivity index (χ4v) is 1.86. The topological polar surface area (TPSA) is 119 Å². The van der Waals surface area contributed by atoms with Crippen molar-refractivity contribution < 1.29 is 28.5 Å². The van der Waals surface area contributed by atoms with E-state index in [-0.39, 0.29) is 23.6 Å². The molecule has 0 fully saturated rings. The quantitative estimate of drug-likeness (QED) is 0.561. The number of primary amides is 1. The van der Waals surface area contributed by atoms with Crippen molar-refractivity contribution in [2.45, 2.75) is 26.7 Å².